The zero-order valence-corrected chi connectivity index (χ0v) is 10.4. The molecular weight excluding hydrogens is 248 g/mol. The Balaban J connectivity index is 2.02. The molecule has 0 atom stereocenters. The molecule has 0 bridgehead atoms. The molecule has 2 N–H and O–H groups in total. The van der Waals surface area contributed by atoms with Crippen LogP contribution >= 0.6 is 0 Å². The molecule has 0 spiro atoms. The van der Waals surface area contributed by atoms with Gasteiger partial charge in [-0.1, -0.05) is 0 Å². The van der Waals surface area contributed by atoms with Gasteiger partial charge in [0.15, 0.2) is 0 Å². The molecule has 2 aromatic heterocycles. The van der Waals surface area contributed by atoms with Gasteiger partial charge in [-0.05, 0) is 12.1 Å². The number of nitrogens with zero attached hydrogens (tertiary/aromatic N) is 2. The lowest BCUT2D eigenvalue weighted by Crippen LogP contribution is -2.07. The number of aromatic nitrogens is 1. The summed E-state index contributed by atoms with van der Waals surface area (Å²) in [4.78, 5) is 14.5. The molecule has 0 fully saturated rings. The molecule has 100 valence electrons. The Bertz CT molecular complexity index is 554. The minimum Gasteiger partial charge on any atom is -0.469 e. The summed E-state index contributed by atoms with van der Waals surface area (Å²) in [5.74, 6) is 1.77. The van der Waals surface area contributed by atoms with Crippen molar-refractivity contribution in [2.45, 2.75) is 6.42 Å². The first-order valence-corrected chi connectivity index (χ1v) is 5.79. The van der Waals surface area contributed by atoms with Gasteiger partial charge in [-0.3, -0.25) is 10.1 Å². The lowest BCUT2D eigenvalue weighted by Gasteiger charge is -2.06. The Hall–Kier alpha value is -2.57. The van der Waals surface area contributed by atoms with Gasteiger partial charge >= 0.3 is 0 Å². The van der Waals surface area contributed by atoms with Crippen LogP contribution in [0, 0.1) is 10.1 Å². The molecule has 0 aliphatic heterocycles. The van der Waals surface area contributed by atoms with E-state index < -0.39 is 4.92 Å². The van der Waals surface area contributed by atoms with Crippen LogP contribution < -0.4 is 10.6 Å². The smallest absolute Gasteiger partial charge is 0.276 e. The topological polar surface area (TPSA) is 93.2 Å². The molecule has 0 saturated carbocycles. The zero-order valence-electron chi connectivity index (χ0n) is 10.4. The van der Waals surface area contributed by atoms with E-state index in [2.05, 4.69) is 15.6 Å². The van der Waals surface area contributed by atoms with Gasteiger partial charge in [0.05, 0.1) is 23.3 Å². The van der Waals surface area contributed by atoms with Crippen LogP contribution in [-0.2, 0) is 6.42 Å². The number of hydrogen-bond acceptors (Lipinski definition) is 6. The highest BCUT2D eigenvalue weighted by atomic mass is 16.6. The first-order chi connectivity index (χ1) is 9.19. The monoisotopic (exact) mass is 262 g/mol. The largest absolute Gasteiger partial charge is 0.469 e. The fourth-order valence-electron chi connectivity index (χ4n) is 1.61. The molecule has 0 aromatic carbocycles. The van der Waals surface area contributed by atoms with Gasteiger partial charge in [-0.2, -0.15) is 0 Å². The molecule has 19 heavy (non-hydrogen) atoms. The molecular formula is C12H14N4O3. The summed E-state index contributed by atoms with van der Waals surface area (Å²) in [6.45, 7) is 0.588. The summed E-state index contributed by atoms with van der Waals surface area (Å²) in [7, 11) is 1.67. The van der Waals surface area contributed by atoms with Crippen LogP contribution in [0.25, 0.3) is 0 Å². The van der Waals surface area contributed by atoms with Crippen molar-refractivity contribution in [1.29, 1.82) is 0 Å². The maximum Gasteiger partial charge on any atom is 0.276 e. The molecule has 2 rings (SSSR count). The van der Waals surface area contributed by atoms with Gasteiger partial charge in [-0.15, -0.1) is 0 Å². The van der Waals surface area contributed by atoms with Crippen LogP contribution in [0.2, 0.25) is 0 Å². The highest BCUT2D eigenvalue weighted by molar-refractivity contribution is 5.54. The molecule has 0 radical (unpaired) electrons. The molecule has 2 aromatic rings. The van der Waals surface area contributed by atoms with Crippen LogP contribution in [0.1, 0.15) is 5.76 Å². The molecule has 0 aliphatic carbocycles. The first kappa shape index (κ1) is 12.9. The third-order valence-electron chi connectivity index (χ3n) is 2.53. The minimum absolute atomic E-state index is 0.000140. The van der Waals surface area contributed by atoms with E-state index >= 15 is 0 Å². The minimum atomic E-state index is -0.444. The van der Waals surface area contributed by atoms with Crippen LogP contribution in [0.5, 0.6) is 0 Å². The van der Waals surface area contributed by atoms with Crippen molar-refractivity contribution >= 4 is 17.3 Å². The Morgan fingerprint density at radius 3 is 2.84 bits per heavy atom. The maximum atomic E-state index is 10.8. The van der Waals surface area contributed by atoms with Gasteiger partial charge in [0.1, 0.15) is 17.4 Å². The normalized spacial score (nSPS) is 10.2. The van der Waals surface area contributed by atoms with E-state index in [-0.39, 0.29) is 5.69 Å². The summed E-state index contributed by atoms with van der Waals surface area (Å²) in [5, 5.41) is 16.6. The third-order valence-corrected chi connectivity index (χ3v) is 2.53. The van der Waals surface area contributed by atoms with Gasteiger partial charge < -0.3 is 15.1 Å². The van der Waals surface area contributed by atoms with Gasteiger partial charge in [0.2, 0.25) is 0 Å². The summed E-state index contributed by atoms with van der Waals surface area (Å²) < 4.78 is 5.20. The number of pyridine rings is 1. The van der Waals surface area contributed by atoms with E-state index in [1.54, 1.807) is 13.3 Å². The third kappa shape index (κ3) is 3.44. The second-order valence-electron chi connectivity index (χ2n) is 3.86. The standard InChI is InChI=1S/C12H14N4O3/c1-13-11-7-9(16(17)18)8-12(15-11)14-5-4-10-3-2-6-19-10/h2-3,6-8H,4-5H2,1H3,(H2,13,14,15). The van der Waals surface area contributed by atoms with Crippen LogP contribution in [-0.4, -0.2) is 23.5 Å². The highest BCUT2D eigenvalue weighted by Crippen LogP contribution is 2.20. The van der Waals surface area contributed by atoms with E-state index in [1.807, 2.05) is 12.1 Å². The quantitative estimate of drug-likeness (QED) is 0.612. The molecule has 2 heterocycles. The lowest BCUT2D eigenvalue weighted by molar-refractivity contribution is -0.384. The lowest BCUT2D eigenvalue weighted by atomic mass is 10.3. The van der Waals surface area contributed by atoms with E-state index in [1.165, 1.54) is 12.1 Å². The van der Waals surface area contributed by atoms with Crippen molar-refractivity contribution in [3.63, 3.8) is 0 Å². The Labute approximate surface area is 109 Å². The van der Waals surface area contributed by atoms with E-state index in [4.69, 9.17) is 4.42 Å². The number of nitro groups is 1. The molecule has 7 heteroatoms. The molecule has 7 nitrogen and oxygen atoms in total. The van der Waals surface area contributed by atoms with Crippen molar-refractivity contribution < 1.29 is 9.34 Å². The first-order valence-electron chi connectivity index (χ1n) is 5.79. The van der Waals surface area contributed by atoms with Gasteiger partial charge in [0, 0.05) is 20.0 Å². The Morgan fingerprint density at radius 1 is 1.42 bits per heavy atom. The predicted molar refractivity (Wildman–Crippen MR) is 71.3 cm³/mol. The molecule has 0 aliphatic rings. The average Bonchev–Trinajstić information content (AvgIpc) is 2.91. The van der Waals surface area contributed by atoms with Crippen LogP contribution in [0.15, 0.2) is 34.9 Å². The Morgan fingerprint density at radius 2 is 2.21 bits per heavy atom. The Kier molecular flexibility index (Phi) is 3.97. The van der Waals surface area contributed by atoms with Crippen molar-refractivity contribution in [2.24, 2.45) is 0 Å². The average molecular weight is 262 g/mol. The molecule has 0 saturated heterocycles. The van der Waals surface area contributed by atoms with Crippen molar-refractivity contribution in [1.82, 2.24) is 4.98 Å². The van der Waals surface area contributed by atoms with Gasteiger partial charge in [0.25, 0.3) is 5.69 Å². The number of furan rings is 1. The number of nitrogens with one attached hydrogen (secondary N) is 2. The van der Waals surface area contributed by atoms with E-state index in [0.29, 0.717) is 24.6 Å². The summed E-state index contributed by atoms with van der Waals surface area (Å²) in [6, 6.07) is 6.49. The van der Waals surface area contributed by atoms with E-state index in [9.17, 15) is 10.1 Å². The predicted octanol–water partition coefficient (Wildman–Crippen LogP) is 2.28. The molecule has 0 unspecified atom stereocenters. The maximum absolute atomic E-state index is 10.8. The number of rotatable bonds is 6. The second-order valence-corrected chi connectivity index (χ2v) is 3.86. The summed E-state index contributed by atoms with van der Waals surface area (Å²) >= 11 is 0. The second kappa shape index (κ2) is 5.85. The SMILES string of the molecule is CNc1cc([N+](=O)[O-])cc(NCCc2ccco2)n1. The van der Waals surface area contributed by atoms with Crippen molar-refractivity contribution in [3.8, 4) is 0 Å². The summed E-state index contributed by atoms with van der Waals surface area (Å²) in [5.41, 5.74) is -0.000140. The van der Waals surface area contributed by atoms with E-state index in [0.717, 1.165) is 5.76 Å². The molecule has 0 amide bonds. The highest BCUT2D eigenvalue weighted by Gasteiger charge is 2.10. The fourth-order valence-corrected chi connectivity index (χ4v) is 1.61. The van der Waals surface area contributed by atoms with Crippen LogP contribution in [0.3, 0.4) is 0 Å². The zero-order chi connectivity index (χ0) is 13.7. The number of hydrogen-bond donors (Lipinski definition) is 2. The van der Waals surface area contributed by atoms with Crippen molar-refractivity contribution in [2.75, 3.05) is 24.2 Å². The fraction of sp³-hybridized carbons (Fsp3) is 0.250. The van der Waals surface area contributed by atoms with Crippen molar-refractivity contribution in [3.05, 3.63) is 46.4 Å². The summed E-state index contributed by atoms with van der Waals surface area (Å²) in [6.07, 6.45) is 2.30. The van der Waals surface area contributed by atoms with Crippen LogP contribution in [0.4, 0.5) is 17.3 Å². The van der Waals surface area contributed by atoms with Gasteiger partial charge in [-0.25, -0.2) is 4.98 Å². The number of anilines is 2.